The summed E-state index contributed by atoms with van der Waals surface area (Å²) >= 11 is 0. The molecule has 0 rings (SSSR count). The van der Waals surface area contributed by atoms with Crippen molar-refractivity contribution in [2.45, 2.75) is 0 Å². The first-order valence-corrected chi connectivity index (χ1v) is 5.48. The largest absolute Gasteiger partial charge is 1.00 e. The summed E-state index contributed by atoms with van der Waals surface area (Å²) in [6.45, 7) is -2.75. The van der Waals surface area contributed by atoms with Gasteiger partial charge in [-0.2, -0.15) is 0 Å². The molecule has 13 heteroatoms. The second kappa shape index (κ2) is 15.8. The van der Waals surface area contributed by atoms with E-state index in [0.29, 0.717) is 0 Å². The van der Waals surface area contributed by atoms with E-state index in [1.807, 2.05) is 0 Å². The van der Waals surface area contributed by atoms with Crippen molar-refractivity contribution in [1.82, 2.24) is 9.80 Å². The van der Waals surface area contributed by atoms with E-state index in [2.05, 4.69) is 0 Å². The van der Waals surface area contributed by atoms with E-state index < -0.39 is 50.1 Å². The molecule has 122 valence electrons. The van der Waals surface area contributed by atoms with Gasteiger partial charge in [0, 0.05) is 26.2 Å². The number of rotatable bonds is 11. The fourth-order valence-corrected chi connectivity index (χ4v) is 1.46. The molecular formula is C10H16Li2N2O9. The van der Waals surface area contributed by atoms with E-state index in [0.717, 1.165) is 9.80 Å². The molecule has 11 nitrogen and oxygen atoms in total. The van der Waals surface area contributed by atoms with Crippen LogP contribution in [0.1, 0.15) is 0 Å². The summed E-state index contributed by atoms with van der Waals surface area (Å²) in [5.41, 5.74) is 0. The van der Waals surface area contributed by atoms with Gasteiger partial charge in [0.25, 0.3) is 0 Å². The summed E-state index contributed by atoms with van der Waals surface area (Å²) < 4.78 is 0. The molecule has 0 aliphatic rings. The SMILES string of the molecule is O.O=C([O-])CN(CCN(CC(=O)O)CC(=O)O)CC(=O)[O-].[Li+].[Li+]. The first kappa shape index (κ1) is 29.9. The van der Waals surface area contributed by atoms with E-state index in [1.54, 1.807) is 0 Å². The third-order valence-electron chi connectivity index (χ3n) is 2.16. The number of hydrogen-bond acceptors (Lipinski definition) is 8. The van der Waals surface area contributed by atoms with Crippen molar-refractivity contribution in [3.05, 3.63) is 0 Å². The van der Waals surface area contributed by atoms with E-state index in [-0.39, 0.29) is 56.3 Å². The van der Waals surface area contributed by atoms with Crippen molar-refractivity contribution in [1.29, 1.82) is 0 Å². The average molecular weight is 322 g/mol. The predicted octanol–water partition coefficient (Wildman–Crippen LogP) is -11.6. The van der Waals surface area contributed by atoms with Gasteiger partial charge in [-0.25, -0.2) is 0 Å². The Labute approximate surface area is 155 Å². The second-order valence-electron chi connectivity index (χ2n) is 3.95. The molecule has 0 aromatic carbocycles. The monoisotopic (exact) mass is 322 g/mol. The van der Waals surface area contributed by atoms with Crippen LogP contribution in [-0.4, -0.2) is 88.6 Å². The molecular weight excluding hydrogens is 306 g/mol. The maximum atomic E-state index is 10.5. The number of carbonyl (C=O) groups is 4. The molecule has 0 fully saturated rings. The molecule has 0 aliphatic carbocycles. The topological polar surface area (TPSA) is 193 Å². The van der Waals surface area contributed by atoms with E-state index in [1.165, 1.54) is 0 Å². The van der Waals surface area contributed by atoms with Crippen LogP contribution in [0.25, 0.3) is 0 Å². The molecule has 0 saturated heterocycles. The zero-order valence-corrected chi connectivity index (χ0v) is 13.0. The Balaban J connectivity index is -0.000000602. The van der Waals surface area contributed by atoms with Crippen LogP contribution in [0.15, 0.2) is 0 Å². The Hall–Kier alpha value is -1.05. The van der Waals surface area contributed by atoms with Gasteiger partial charge in [-0.1, -0.05) is 0 Å². The van der Waals surface area contributed by atoms with Crippen molar-refractivity contribution in [2.24, 2.45) is 0 Å². The minimum absolute atomic E-state index is 0. The number of carbonyl (C=O) groups excluding carboxylic acids is 2. The van der Waals surface area contributed by atoms with Gasteiger partial charge in [0.05, 0.1) is 25.0 Å². The first-order chi connectivity index (χ1) is 9.20. The third-order valence-corrected chi connectivity index (χ3v) is 2.16. The number of aliphatic carboxylic acids is 4. The molecule has 0 aliphatic heterocycles. The Morgan fingerprint density at radius 2 is 0.957 bits per heavy atom. The predicted molar refractivity (Wildman–Crippen MR) is 61.8 cm³/mol. The summed E-state index contributed by atoms with van der Waals surface area (Å²) in [7, 11) is 0. The minimum atomic E-state index is -1.51. The van der Waals surface area contributed by atoms with Crippen LogP contribution in [0.2, 0.25) is 0 Å². The summed E-state index contributed by atoms with van der Waals surface area (Å²) in [4.78, 5) is 43.9. The van der Waals surface area contributed by atoms with Crippen LogP contribution in [-0.2, 0) is 19.2 Å². The minimum Gasteiger partial charge on any atom is -0.549 e. The molecule has 23 heavy (non-hydrogen) atoms. The maximum Gasteiger partial charge on any atom is 1.00 e. The molecule has 0 bridgehead atoms. The molecule has 0 aromatic rings. The Morgan fingerprint density at radius 1 is 0.696 bits per heavy atom. The van der Waals surface area contributed by atoms with E-state index in [9.17, 15) is 29.4 Å². The standard InChI is InChI=1S/C10H16N2O8.2Li.H2O/c13-7(14)3-11(4-8(15)16)1-2-12(5-9(17)18)6-10(19)20;;;/h1-6H2,(H,13,14)(H,15,16)(H,17,18)(H,19,20);;;1H2/q;2*+1;/p-2. The van der Waals surface area contributed by atoms with Gasteiger partial charge in [-0.3, -0.25) is 19.4 Å². The maximum absolute atomic E-state index is 10.5. The van der Waals surface area contributed by atoms with Gasteiger partial charge in [0.2, 0.25) is 0 Å². The summed E-state index contributed by atoms with van der Waals surface area (Å²) in [5.74, 6) is -5.52. The summed E-state index contributed by atoms with van der Waals surface area (Å²) in [6.07, 6.45) is 0. The first-order valence-electron chi connectivity index (χ1n) is 5.48. The zero-order chi connectivity index (χ0) is 15.7. The molecule has 0 atom stereocenters. The fourth-order valence-electron chi connectivity index (χ4n) is 1.46. The normalized spacial score (nSPS) is 9.30. The molecule has 0 amide bonds. The second-order valence-corrected chi connectivity index (χ2v) is 3.95. The quantitative estimate of drug-likeness (QED) is 0.345. The molecule has 0 radical (unpaired) electrons. The molecule has 0 saturated carbocycles. The fraction of sp³-hybridized carbons (Fsp3) is 0.600. The average Bonchev–Trinajstić information content (AvgIpc) is 2.22. The van der Waals surface area contributed by atoms with Gasteiger partial charge < -0.3 is 35.5 Å². The summed E-state index contributed by atoms with van der Waals surface area (Å²) in [6, 6.07) is 0. The van der Waals surface area contributed by atoms with Gasteiger partial charge in [-0.15, -0.1) is 0 Å². The van der Waals surface area contributed by atoms with Crippen LogP contribution in [0, 0.1) is 0 Å². The van der Waals surface area contributed by atoms with Crippen molar-refractivity contribution in [3.8, 4) is 0 Å². The van der Waals surface area contributed by atoms with Gasteiger partial charge in [-0.05, 0) is 0 Å². The number of carboxylic acids is 4. The van der Waals surface area contributed by atoms with Crippen molar-refractivity contribution in [2.75, 3.05) is 39.3 Å². The van der Waals surface area contributed by atoms with Crippen LogP contribution < -0.4 is 47.9 Å². The Morgan fingerprint density at radius 3 is 1.17 bits per heavy atom. The molecule has 0 heterocycles. The van der Waals surface area contributed by atoms with E-state index in [4.69, 9.17) is 10.2 Å². The molecule has 0 aromatic heterocycles. The van der Waals surface area contributed by atoms with Gasteiger partial charge in [0.1, 0.15) is 0 Å². The van der Waals surface area contributed by atoms with Crippen LogP contribution in [0.3, 0.4) is 0 Å². The van der Waals surface area contributed by atoms with Crippen LogP contribution in [0.5, 0.6) is 0 Å². The van der Waals surface area contributed by atoms with Crippen molar-refractivity contribution >= 4 is 23.9 Å². The van der Waals surface area contributed by atoms with Gasteiger partial charge >= 0.3 is 49.7 Å². The van der Waals surface area contributed by atoms with Gasteiger partial charge in [0.15, 0.2) is 0 Å². The Kier molecular flexibility index (Phi) is 20.6. The number of nitrogens with zero attached hydrogens (tertiary/aromatic N) is 2. The van der Waals surface area contributed by atoms with Crippen LogP contribution in [0.4, 0.5) is 0 Å². The van der Waals surface area contributed by atoms with E-state index >= 15 is 0 Å². The molecule has 0 unspecified atom stereocenters. The molecule has 4 N–H and O–H groups in total. The summed E-state index contributed by atoms with van der Waals surface area (Å²) in [5, 5.41) is 38.0. The molecule has 0 spiro atoms. The van der Waals surface area contributed by atoms with Crippen molar-refractivity contribution < 1.29 is 82.8 Å². The van der Waals surface area contributed by atoms with Crippen molar-refractivity contribution in [3.63, 3.8) is 0 Å². The Bertz CT molecular complexity index is 327. The zero-order valence-electron chi connectivity index (χ0n) is 13.0. The third kappa shape index (κ3) is 18.9. The smallest absolute Gasteiger partial charge is 0.549 e. The van der Waals surface area contributed by atoms with Crippen LogP contribution >= 0.6 is 0 Å². The number of carboxylic acid groups (broad SMARTS) is 4. The number of hydrogen-bond donors (Lipinski definition) is 2.